The van der Waals surface area contributed by atoms with Gasteiger partial charge in [-0.3, -0.25) is 4.79 Å². The maximum absolute atomic E-state index is 14.0. The van der Waals surface area contributed by atoms with E-state index in [1.165, 1.54) is 19.4 Å². The third-order valence-corrected chi connectivity index (χ3v) is 5.98. The minimum absolute atomic E-state index is 0.0407. The van der Waals surface area contributed by atoms with Gasteiger partial charge in [-0.15, -0.1) is 0 Å². The van der Waals surface area contributed by atoms with Crippen LogP contribution in [0, 0.1) is 5.92 Å². The second-order valence-corrected chi connectivity index (χ2v) is 8.25. The Bertz CT molecular complexity index is 860. The molecule has 2 aromatic rings. The summed E-state index contributed by atoms with van der Waals surface area (Å²) in [6.45, 7) is 2.29. The molecule has 1 aromatic heterocycles. The molecule has 0 N–H and O–H groups in total. The van der Waals surface area contributed by atoms with E-state index in [9.17, 15) is 22.4 Å². The SMILES string of the molecule is COCCn1cc(C(=O)CCC2CCC(C)(F)CC2)c2c(C(F)(F)F)cccc21. The number of fused-ring (bicyclic) bond motifs is 1. The standard InChI is InChI=1S/C22H27F4NO2/c1-21(23)10-8-15(9-11-21)6-7-19(28)16-14-27(12-13-29-2)18-5-3-4-17(20(16)18)22(24,25)26/h3-5,14-15H,6-13H2,1-2H3. The van der Waals surface area contributed by atoms with E-state index >= 15 is 0 Å². The molecule has 3 nitrogen and oxygen atoms in total. The zero-order valence-electron chi connectivity index (χ0n) is 16.8. The molecule has 1 aliphatic carbocycles. The summed E-state index contributed by atoms with van der Waals surface area (Å²) < 4.78 is 61.4. The first-order valence-electron chi connectivity index (χ1n) is 10.0. The first-order valence-corrected chi connectivity index (χ1v) is 10.0. The van der Waals surface area contributed by atoms with Crippen molar-refractivity contribution in [3.05, 3.63) is 35.5 Å². The average Bonchev–Trinajstić information content (AvgIpc) is 3.03. The van der Waals surface area contributed by atoms with Crippen LogP contribution in [0.3, 0.4) is 0 Å². The van der Waals surface area contributed by atoms with Crippen LogP contribution in [-0.4, -0.2) is 29.7 Å². The van der Waals surface area contributed by atoms with Crippen LogP contribution in [0.5, 0.6) is 0 Å². The van der Waals surface area contributed by atoms with Crippen molar-refractivity contribution in [3.8, 4) is 0 Å². The van der Waals surface area contributed by atoms with Crippen LogP contribution >= 0.6 is 0 Å². The summed E-state index contributed by atoms with van der Waals surface area (Å²) in [7, 11) is 1.52. The van der Waals surface area contributed by atoms with Crippen LogP contribution in [0.15, 0.2) is 24.4 Å². The van der Waals surface area contributed by atoms with E-state index in [1.807, 2.05) is 0 Å². The molecule has 1 aliphatic rings. The van der Waals surface area contributed by atoms with Crippen LogP contribution < -0.4 is 0 Å². The molecule has 0 radical (unpaired) electrons. The number of aromatic nitrogens is 1. The lowest BCUT2D eigenvalue weighted by Crippen LogP contribution is -2.26. The van der Waals surface area contributed by atoms with Gasteiger partial charge in [0.2, 0.25) is 0 Å². The monoisotopic (exact) mass is 413 g/mol. The Morgan fingerprint density at radius 1 is 1.28 bits per heavy atom. The van der Waals surface area contributed by atoms with Gasteiger partial charge in [-0.25, -0.2) is 4.39 Å². The smallest absolute Gasteiger partial charge is 0.383 e. The summed E-state index contributed by atoms with van der Waals surface area (Å²) in [4.78, 5) is 12.9. The molecular weight excluding hydrogens is 386 g/mol. The van der Waals surface area contributed by atoms with Gasteiger partial charge in [-0.1, -0.05) is 6.07 Å². The van der Waals surface area contributed by atoms with Crippen molar-refractivity contribution >= 4 is 16.7 Å². The molecule has 160 valence electrons. The van der Waals surface area contributed by atoms with Gasteiger partial charge in [0, 0.05) is 42.7 Å². The van der Waals surface area contributed by atoms with Crippen molar-refractivity contribution < 1.29 is 27.1 Å². The Labute approximate surface area is 168 Å². The molecule has 7 heteroatoms. The molecule has 1 heterocycles. The lowest BCUT2D eigenvalue weighted by molar-refractivity contribution is -0.136. The zero-order chi connectivity index (χ0) is 21.2. The molecule has 0 bridgehead atoms. The van der Waals surface area contributed by atoms with Crippen LogP contribution in [0.1, 0.15) is 61.4 Å². The Kier molecular flexibility index (Phi) is 6.36. The van der Waals surface area contributed by atoms with Gasteiger partial charge in [0.15, 0.2) is 5.78 Å². The molecule has 0 atom stereocenters. The number of hydrogen-bond donors (Lipinski definition) is 0. The number of ketones is 1. The average molecular weight is 413 g/mol. The summed E-state index contributed by atoms with van der Waals surface area (Å²) >= 11 is 0. The maximum atomic E-state index is 14.0. The van der Waals surface area contributed by atoms with E-state index in [4.69, 9.17) is 4.74 Å². The fourth-order valence-electron chi connectivity index (χ4n) is 4.21. The summed E-state index contributed by atoms with van der Waals surface area (Å²) in [5.74, 6) is -0.0526. The fraction of sp³-hybridized carbons (Fsp3) is 0.591. The van der Waals surface area contributed by atoms with Gasteiger partial charge in [0.1, 0.15) is 5.67 Å². The third-order valence-electron chi connectivity index (χ3n) is 5.98. The molecular formula is C22H27F4NO2. The van der Waals surface area contributed by atoms with E-state index < -0.39 is 17.4 Å². The lowest BCUT2D eigenvalue weighted by Gasteiger charge is -2.30. The van der Waals surface area contributed by atoms with Crippen molar-refractivity contribution in [1.82, 2.24) is 4.57 Å². The quantitative estimate of drug-likeness (QED) is 0.400. The summed E-state index contributed by atoms with van der Waals surface area (Å²) in [5.41, 5.74) is -1.45. The number of Topliss-reactive ketones (excluding diaryl/α,β-unsaturated/α-hetero) is 1. The predicted octanol–water partition coefficient (Wildman–Crippen LogP) is 6.19. The zero-order valence-corrected chi connectivity index (χ0v) is 16.8. The second kappa shape index (κ2) is 8.46. The third kappa shape index (κ3) is 5.00. The normalized spacial score (nSPS) is 22.9. The van der Waals surface area contributed by atoms with Crippen molar-refractivity contribution in [3.63, 3.8) is 0 Å². The second-order valence-electron chi connectivity index (χ2n) is 8.25. The molecule has 1 aromatic carbocycles. The molecule has 0 amide bonds. The van der Waals surface area contributed by atoms with Gasteiger partial charge in [-0.2, -0.15) is 13.2 Å². The van der Waals surface area contributed by atoms with Gasteiger partial charge in [0.25, 0.3) is 0 Å². The van der Waals surface area contributed by atoms with E-state index in [2.05, 4.69) is 0 Å². The minimum atomic E-state index is -4.54. The minimum Gasteiger partial charge on any atom is -0.383 e. The van der Waals surface area contributed by atoms with Crippen molar-refractivity contribution in [2.24, 2.45) is 5.92 Å². The number of carbonyl (C=O) groups is 1. The molecule has 3 rings (SSSR count). The van der Waals surface area contributed by atoms with Gasteiger partial charge in [-0.05, 0) is 57.1 Å². The highest BCUT2D eigenvalue weighted by Gasteiger charge is 2.35. The summed E-state index contributed by atoms with van der Waals surface area (Å²) in [5, 5.41) is -0.0407. The molecule has 1 fully saturated rings. The lowest BCUT2D eigenvalue weighted by atomic mass is 9.79. The molecule has 0 saturated heterocycles. The molecule has 1 saturated carbocycles. The maximum Gasteiger partial charge on any atom is 0.417 e. The number of alkyl halides is 4. The largest absolute Gasteiger partial charge is 0.417 e. The number of carbonyl (C=O) groups excluding carboxylic acids is 1. The summed E-state index contributed by atoms with van der Waals surface area (Å²) in [6, 6.07) is 3.97. The number of hydrogen-bond acceptors (Lipinski definition) is 2. The Balaban J connectivity index is 1.86. The number of ether oxygens (including phenoxy) is 1. The number of nitrogens with zero attached hydrogens (tertiary/aromatic N) is 1. The Hall–Kier alpha value is -1.89. The summed E-state index contributed by atoms with van der Waals surface area (Å²) in [6.07, 6.45) is 0.0863. The highest BCUT2D eigenvalue weighted by molar-refractivity contribution is 6.09. The first kappa shape index (κ1) is 21.8. The molecule has 0 aliphatic heterocycles. The van der Waals surface area contributed by atoms with Crippen molar-refractivity contribution in [2.45, 2.75) is 63.8 Å². The van der Waals surface area contributed by atoms with Crippen molar-refractivity contribution in [1.29, 1.82) is 0 Å². The van der Waals surface area contributed by atoms with E-state index in [-0.39, 0.29) is 29.1 Å². The number of halogens is 4. The number of rotatable bonds is 7. The molecule has 0 spiro atoms. The van der Waals surface area contributed by atoms with E-state index in [0.29, 0.717) is 50.8 Å². The number of methoxy groups -OCH3 is 1. The fourth-order valence-corrected chi connectivity index (χ4v) is 4.21. The topological polar surface area (TPSA) is 31.2 Å². The number of benzene rings is 1. The van der Waals surface area contributed by atoms with Crippen LogP contribution in [-0.2, 0) is 17.5 Å². The molecule has 0 unspecified atom stereocenters. The highest BCUT2D eigenvalue weighted by atomic mass is 19.4. The van der Waals surface area contributed by atoms with E-state index in [0.717, 1.165) is 6.07 Å². The first-order chi connectivity index (χ1) is 13.6. The Morgan fingerprint density at radius 2 is 1.97 bits per heavy atom. The van der Waals surface area contributed by atoms with Crippen LogP contribution in [0.4, 0.5) is 17.6 Å². The van der Waals surface area contributed by atoms with E-state index in [1.54, 1.807) is 17.6 Å². The van der Waals surface area contributed by atoms with Gasteiger partial charge >= 0.3 is 6.18 Å². The Morgan fingerprint density at radius 3 is 2.59 bits per heavy atom. The van der Waals surface area contributed by atoms with Gasteiger partial charge < -0.3 is 9.30 Å². The van der Waals surface area contributed by atoms with Gasteiger partial charge in [0.05, 0.1) is 12.2 Å². The van der Waals surface area contributed by atoms with Crippen molar-refractivity contribution in [2.75, 3.05) is 13.7 Å². The highest BCUT2D eigenvalue weighted by Crippen LogP contribution is 2.39. The van der Waals surface area contributed by atoms with Crippen LogP contribution in [0.2, 0.25) is 0 Å². The van der Waals surface area contributed by atoms with Crippen LogP contribution in [0.25, 0.3) is 10.9 Å². The predicted molar refractivity (Wildman–Crippen MR) is 104 cm³/mol. The molecule has 29 heavy (non-hydrogen) atoms.